The zero-order valence-corrected chi connectivity index (χ0v) is 21.5. The van der Waals surface area contributed by atoms with E-state index in [-0.39, 0.29) is 33.0 Å². The molecule has 0 aromatic carbocycles. The van der Waals surface area contributed by atoms with Crippen molar-refractivity contribution < 1.29 is 38.8 Å². The zero-order chi connectivity index (χ0) is 26.6. The maximum absolute atomic E-state index is 11.8. The van der Waals surface area contributed by atoms with Crippen molar-refractivity contribution in [3.63, 3.8) is 0 Å². The van der Waals surface area contributed by atoms with Crippen molar-refractivity contribution in [2.45, 2.75) is 91.0 Å². The van der Waals surface area contributed by atoms with Crippen molar-refractivity contribution >= 4 is 18.0 Å². The second-order valence-electron chi connectivity index (χ2n) is 7.30. The highest BCUT2D eigenvalue weighted by molar-refractivity contribution is 6.01. The van der Waals surface area contributed by atoms with Crippen LogP contribution in [-0.4, -0.2) is 67.3 Å². The first-order chi connectivity index (χ1) is 17.0. The molecule has 0 aromatic rings. The number of carbonyl (C=O) groups excluding carboxylic acids is 3. The van der Waals surface area contributed by atoms with E-state index in [2.05, 4.69) is 33.7 Å². The van der Waals surface area contributed by atoms with Crippen LogP contribution in [0.1, 0.15) is 85.0 Å². The van der Waals surface area contributed by atoms with Gasteiger partial charge in [0.15, 0.2) is 0 Å². The van der Waals surface area contributed by atoms with Gasteiger partial charge in [0.1, 0.15) is 0 Å². The number of hydrogen-bond acceptors (Lipinski definition) is 8. The Balaban J connectivity index is 0. The summed E-state index contributed by atoms with van der Waals surface area (Å²) in [5.74, 6) is 9.72. The van der Waals surface area contributed by atoms with Gasteiger partial charge in [0.2, 0.25) is 6.04 Å². The molecule has 0 bridgehead atoms. The average Bonchev–Trinajstić information content (AvgIpc) is 2.84. The molecule has 9 heteroatoms. The third kappa shape index (κ3) is 24.2. The molecule has 0 unspecified atom stereocenters. The first-order valence-corrected chi connectivity index (χ1v) is 12.4. The maximum atomic E-state index is 11.8. The third-order valence-electron chi connectivity index (χ3n) is 4.15. The number of aliphatic hydroxyl groups excluding tert-OH is 2. The van der Waals surface area contributed by atoms with Crippen LogP contribution >= 0.6 is 0 Å². The van der Waals surface area contributed by atoms with Gasteiger partial charge in [-0.1, -0.05) is 38.5 Å². The summed E-state index contributed by atoms with van der Waals surface area (Å²) in [6, 6.07) is -1.49. The second kappa shape index (κ2) is 27.5. The van der Waals surface area contributed by atoms with Gasteiger partial charge in [0, 0.05) is 26.1 Å². The number of aliphatic hydroxyl groups is 2. The summed E-state index contributed by atoms with van der Waals surface area (Å²) in [7, 11) is 0. The predicted molar refractivity (Wildman–Crippen MR) is 133 cm³/mol. The highest BCUT2D eigenvalue weighted by atomic mass is 16.6. The molecule has 200 valence electrons. The van der Waals surface area contributed by atoms with Crippen molar-refractivity contribution in [2.24, 2.45) is 0 Å². The van der Waals surface area contributed by atoms with Crippen LogP contribution in [0.15, 0.2) is 0 Å². The summed E-state index contributed by atoms with van der Waals surface area (Å²) in [5, 5.41) is 19.1. The number of esters is 2. The Morgan fingerprint density at radius 1 is 0.714 bits per heavy atom. The SMILES string of the molecule is CCCCOC(=O)C(NC(=O)OCC)C(=O)OCCCC.OCCCCC#CC#CCCCCO. The minimum atomic E-state index is -1.49. The molecule has 0 saturated heterocycles. The Bertz CT molecular complexity index is 624. The number of carbonyl (C=O) groups is 3. The lowest BCUT2D eigenvalue weighted by Crippen LogP contribution is -2.48. The summed E-state index contributed by atoms with van der Waals surface area (Å²) in [6.07, 6.45) is 7.35. The summed E-state index contributed by atoms with van der Waals surface area (Å²) >= 11 is 0. The predicted octanol–water partition coefficient (Wildman–Crippen LogP) is 3.11. The largest absolute Gasteiger partial charge is 0.464 e. The second-order valence-corrected chi connectivity index (χ2v) is 7.30. The van der Waals surface area contributed by atoms with Gasteiger partial charge in [-0.2, -0.15) is 0 Å². The number of rotatable bonds is 16. The highest BCUT2D eigenvalue weighted by Gasteiger charge is 2.32. The van der Waals surface area contributed by atoms with Crippen molar-refractivity contribution in [1.29, 1.82) is 0 Å². The van der Waals surface area contributed by atoms with Crippen LogP contribution in [0, 0.1) is 23.7 Å². The van der Waals surface area contributed by atoms with Gasteiger partial charge in [-0.3, -0.25) is 5.32 Å². The molecule has 0 aromatic heterocycles. The first kappa shape index (κ1) is 34.4. The van der Waals surface area contributed by atoms with E-state index in [4.69, 9.17) is 19.7 Å². The lowest BCUT2D eigenvalue weighted by molar-refractivity contribution is -0.158. The monoisotopic (exact) mass is 497 g/mol. The molecule has 0 spiro atoms. The average molecular weight is 498 g/mol. The van der Waals surface area contributed by atoms with Crippen LogP contribution in [0.3, 0.4) is 0 Å². The van der Waals surface area contributed by atoms with Gasteiger partial charge < -0.3 is 24.4 Å². The van der Waals surface area contributed by atoms with Gasteiger partial charge in [-0.05, 0) is 57.3 Å². The van der Waals surface area contributed by atoms with Crippen molar-refractivity contribution in [3.8, 4) is 23.7 Å². The molecule has 35 heavy (non-hydrogen) atoms. The third-order valence-corrected chi connectivity index (χ3v) is 4.15. The van der Waals surface area contributed by atoms with E-state index in [0.717, 1.165) is 51.4 Å². The molecule has 3 N–H and O–H groups in total. The normalized spacial score (nSPS) is 9.43. The molecule has 0 aliphatic heterocycles. The van der Waals surface area contributed by atoms with E-state index in [9.17, 15) is 14.4 Å². The van der Waals surface area contributed by atoms with Crippen LogP contribution in [0.5, 0.6) is 0 Å². The van der Waals surface area contributed by atoms with Gasteiger partial charge in [-0.15, -0.1) is 0 Å². The smallest absolute Gasteiger partial charge is 0.408 e. The minimum Gasteiger partial charge on any atom is -0.464 e. The van der Waals surface area contributed by atoms with Crippen LogP contribution in [0.25, 0.3) is 0 Å². The van der Waals surface area contributed by atoms with Gasteiger partial charge in [-0.25, -0.2) is 14.4 Å². The topological polar surface area (TPSA) is 131 Å². The Morgan fingerprint density at radius 2 is 1.17 bits per heavy atom. The minimum absolute atomic E-state index is 0.133. The summed E-state index contributed by atoms with van der Waals surface area (Å²) < 4.78 is 14.5. The van der Waals surface area contributed by atoms with Crippen LogP contribution in [0.4, 0.5) is 4.79 Å². The quantitative estimate of drug-likeness (QED) is 0.0975. The van der Waals surface area contributed by atoms with Crippen LogP contribution in [-0.2, 0) is 23.8 Å². The fraction of sp³-hybridized carbons (Fsp3) is 0.731. The Labute approximate surface area is 210 Å². The summed E-state index contributed by atoms with van der Waals surface area (Å²) in [6.45, 7) is 6.52. The molecular formula is C26H43NO8. The summed E-state index contributed by atoms with van der Waals surface area (Å²) in [5.41, 5.74) is 0. The number of nitrogens with one attached hydrogen (secondary N) is 1. The molecular weight excluding hydrogens is 454 g/mol. The van der Waals surface area contributed by atoms with Crippen molar-refractivity contribution in [2.75, 3.05) is 33.0 Å². The van der Waals surface area contributed by atoms with E-state index >= 15 is 0 Å². The number of amides is 1. The highest BCUT2D eigenvalue weighted by Crippen LogP contribution is 1.99. The molecule has 0 aliphatic carbocycles. The van der Waals surface area contributed by atoms with Gasteiger partial charge in [0.25, 0.3) is 0 Å². The van der Waals surface area contributed by atoms with Crippen molar-refractivity contribution in [3.05, 3.63) is 0 Å². The first-order valence-electron chi connectivity index (χ1n) is 12.4. The number of ether oxygens (including phenoxy) is 3. The Kier molecular flexibility index (Phi) is 27.0. The molecule has 0 fully saturated rings. The number of alkyl carbamates (subject to hydrolysis) is 1. The Hall–Kier alpha value is -2.75. The van der Waals surface area contributed by atoms with E-state index < -0.39 is 24.1 Å². The molecule has 0 rings (SSSR count). The van der Waals surface area contributed by atoms with Crippen LogP contribution < -0.4 is 5.32 Å². The lowest BCUT2D eigenvalue weighted by Gasteiger charge is -2.16. The molecule has 0 aliphatic rings. The van der Waals surface area contributed by atoms with E-state index in [1.807, 2.05) is 13.8 Å². The fourth-order valence-electron chi connectivity index (χ4n) is 2.17. The van der Waals surface area contributed by atoms with E-state index in [1.54, 1.807) is 6.92 Å². The molecule has 0 saturated carbocycles. The van der Waals surface area contributed by atoms with E-state index in [0.29, 0.717) is 12.8 Å². The molecule has 9 nitrogen and oxygen atoms in total. The molecule has 1 amide bonds. The van der Waals surface area contributed by atoms with Crippen molar-refractivity contribution in [1.82, 2.24) is 5.32 Å². The molecule has 0 radical (unpaired) electrons. The van der Waals surface area contributed by atoms with Gasteiger partial charge >= 0.3 is 18.0 Å². The lowest BCUT2D eigenvalue weighted by atomic mass is 10.2. The van der Waals surface area contributed by atoms with Crippen LogP contribution in [0.2, 0.25) is 0 Å². The standard InChI is InChI=1S/C14H25NO6.C12H18O2/c1-4-7-9-20-12(16)11(15-14(18)19-6-3)13(17)21-10-8-5-2;13-11-9-7-5-3-1-2-4-6-8-10-12-14/h11H,4-10H2,1-3H3,(H,15,18);13-14H,5-12H2. The number of hydrogen-bond donors (Lipinski definition) is 3. The maximum Gasteiger partial charge on any atom is 0.408 e. The fourth-order valence-corrected chi connectivity index (χ4v) is 2.17. The van der Waals surface area contributed by atoms with E-state index in [1.165, 1.54) is 0 Å². The number of unbranched alkanes of at least 4 members (excludes halogenated alkanes) is 6. The van der Waals surface area contributed by atoms with Gasteiger partial charge in [0.05, 0.1) is 19.8 Å². The molecule has 0 atom stereocenters. The molecule has 0 heterocycles. The summed E-state index contributed by atoms with van der Waals surface area (Å²) in [4.78, 5) is 35.1. The zero-order valence-electron chi connectivity index (χ0n) is 21.5. The Morgan fingerprint density at radius 3 is 1.54 bits per heavy atom.